The number of hydrogen-bond donors (Lipinski definition) is 5. The van der Waals surface area contributed by atoms with Crippen molar-refractivity contribution >= 4 is 17.9 Å². The van der Waals surface area contributed by atoms with E-state index in [0.29, 0.717) is 6.54 Å². The van der Waals surface area contributed by atoms with Gasteiger partial charge in [-0.25, -0.2) is 9.59 Å². The molecule has 0 fully saturated rings. The summed E-state index contributed by atoms with van der Waals surface area (Å²) >= 11 is 0. The second-order valence-electron chi connectivity index (χ2n) is 2.85. The summed E-state index contributed by atoms with van der Waals surface area (Å²) in [5.74, 6) is -1.73. The van der Waals surface area contributed by atoms with Gasteiger partial charge in [-0.15, -0.1) is 0 Å². The smallest absolute Gasteiger partial charge is 0.328 e. The fraction of sp³-hybridized carbons (Fsp3) is 0.625. The fourth-order valence-corrected chi connectivity index (χ4v) is 0.815. The van der Waals surface area contributed by atoms with Crippen LogP contribution in [0.3, 0.4) is 0 Å². The Labute approximate surface area is 92.0 Å². The molecular formula is C8H15N3O5. The van der Waals surface area contributed by atoms with E-state index in [4.69, 9.17) is 10.2 Å². The van der Waals surface area contributed by atoms with Crippen molar-refractivity contribution < 1.29 is 24.6 Å². The molecule has 0 bridgehead atoms. The van der Waals surface area contributed by atoms with E-state index in [9.17, 15) is 14.4 Å². The number of rotatable bonds is 6. The van der Waals surface area contributed by atoms with Crippen LogP contribution in [0.1, 0.15) is 6.92 Å². The highest BCUT2D eigenvalue weighted by Gasteiger charge is 2.18. The van der Waals surface area contributed by atoms with E-state index < -0.39 is 24.6 Å². The van der Waals surface area contributed by atoms with Crippen molar-refractivity contribution in [2.75, 3.05) is 19.7 Å². The molecule has 0 aliphatic carbocycles. The van der Waals surface area contributed by atoms with Gasteiger partial charge in [0.2, 0.25) is 5.91 Å². The van der Waals surface area contributed by atoms with Crippen LogP contribution in [0.4, 0.5) is 4.79 Å². The number of likely N-dealkylation sites (N-methyl/N-ethyl adjacent to an activating group) is 1. The summed E-state index contributed by atoms with van der Waals surface area (Å²) < 4.78 is 0. The summed E-state index contributed by atoms with van der Waals surface area (Å²) in [4.78, 5) is 32.4. The van der Waals surface area contributed by atoms with Crippen molar-refractivity contribution in [2.45, 2.75) is 13.0 Å². The average molecular weight is 233 g/mol. The summed E-state index contributed by atoms with van der Waals surface area (Å²) in [5, 5.41) is 23.7. The van der Waals surface area contributed by atoms with Crippen molar-refractivity contribution in [3.05, 3.63) is 0 Å². The Bertz CT molecular complexity index is 268. The number of hydrogen-bond acceptors (Lipinski definition) is 4. The van der Waals surface area contributed by atoms with Gasteiger partial charge in [-0.1, -0.05) is 0 Å². The molecule has 92 valence electrons. The van der Waals surface area contributed by atoms with Gasteiger partial charge in [0.1, 0.15) is 0 Å². The quantitative estimate of drug-likeness (QED) is 0.358. The number of carboxylic acid groups (broad SMARTS) is 1. The summed E-state index contributed by atoms with van der Waals surface area (Å²) in [6.07, 6.45) is 0. The number of carbonyl (C=O) groups excluding carboxylic acids is 2. The molecule has 0 unspecified atom stereocenters. The largest absolute Gasteiger partial charge is 0.480 e. The second kappa shape index (κ2) is 7.46. The van der Waals surface area contributed by atoms with Gasteiger partial charge in [0, 0.05) is 6.54 Å². The van der Waals surface area contributed by atoms with Crippen LogP contribution < -0.4 is 16.0 Å². The molecule has 0 rings (SSSR count). The molecule has 0 radical (unpaired) electrons. The summed E-state index contributed by atoms with van der Waals surface area (Å²) in [5.41, 5.74) is 0. The van der Waals surface area contributed by atoms with Gasteiger partial charge < -0.3 is 26.2 Å². The molecule has 0 aromatic rings. The van der Waals surface area contributed by atoms with Crippen molar-refractivity contribution in [3.63, 3.8) is 0 Å². The predicted molar refractivity (Wildman–Crippen MR) is 53.7 cm³/mol. The van der Waals surface area contributed by atoms with Gasteiger partial charge in [-0.05, 0) is 6.92 Å². The first-order valence-corrected chi connectivity index (χ1v) is 4.66. The topological polar surface area (TPSA) is 128 Å². The van der Waals surface area contributed by atoms with Crippen LogP contribution in [-0.2, 0) is 9.59 Å². The summed E-state index contributed by atoms with van der Waals surface area (Å²) in [6.45, 7) is 1.20. The number of amides is 3. The van der Waals surface area contributed by atoms with Gasteiger partial charge >= 0.3 is 12.0 Å². The zero-order valence-corrected chi connectivity index (χ0v) is 8.82. The zero-order valence-electron chi connectivity index (χ0n) is 8.82. The van der Waals surface area contributed by atoms with Gasteiger partial charge in [-0.2, -0.15) is 0 Å². The average Bonchev–Trinajstić information content (AvgIpc) is 2.23. The molecular weight excluding hydrogens is 218 g/mol. The minimum Gasteiger partial charge on any atom is -0.480 e. The van der Waals surface area contributed by atoms with Gasteiger partial charge in [0.25, 0.3) is 0 Å². The molecule has 5 N–H and O–H groups in total. The van der Waals surface area contributed by atoms with Crippen LogP contribution in [0.25, 0.3) is 0 Å². The van der Waals surface area contributed by atoms with E-state index in [1.54, 1.807) is 6.92 Å². The van der Waals surface area contributed by atoms with Gasteiger partial charge in [0.05, 0.1) is 13.2 Å². The lowest BCUT2D eigenvalue weighted by molar-refractivity contribution is -0.140. The van der Waals surface area contributed by atoms with E-state index >= 15 is 0 Å². The summed E-state index contributed by atoms with van der Waals surface area (Å²) in [6, 6.07) is -2.21. The zero-order chi connectivity index (χ0) is 12.6. The monoisotopic (exact) mass is 233 g/mol. The summed E-state index contributed by atoms with van der Waals surface area (Å²) in [7, 11) is 0. The Morgan fingerprint density at radius 2 is 1.88 bits per heavy atom. The van der Waals surface area contributed by atoms with Gasteiger partial charge in [0.15, 0.2) is 6.04 Å². The Kier molecular flexibility index (Phi) is 6.61. The molecule has 0 aromatic heterocycles. The SMILES string of the molecule is CCNC(=O)CNC(=O)N[C@H](CO)C(=O)O. The number of aliphatic hydroxyl groups excluding tert-OH is 1. The Morgan fingerprint density at radius 3 is 2.31 bits per heavy atom. The molecule has 0 aliphatic rings. The number of nitrogens with one attached hydrogen (secondary N) is 3. The highest BCUT2D eigenvalue weighted by atomic mass is 16.4. The van der Waals surface area contributed by atoms with Crippen LogP contribution in [0.15, 0.2) is 0 Å². The van der Waals surface area contributed by atoms with Crippen LogP contribution in [0.2, 0.25) is 0 Å². The number of carbonyl (C=O) groups is 3. The Balaban J connectivity index is 3.89. The minimum absolute atomic E-state index is 0.253. The molecule has 16 heavy (non-hydrogen) atoms. The minimum atomic E-state index is -1.38. The molecule has 0 heterocycles. The van der Waals surface area contributed by atoms with E-state index in [2.05, 4.69) is 10.6 Å². The lowest BCUT2D eigenvalue weighted by Gasteiger charge is -2.12. The maximum atomic E-state index is 11.0. The van der Waals surface area contributed by atoms with Crippen LogP contribution in [-0.4, -0.2) is 53.9 Å². The first-order chi connectivity index (χ1) is 7.51. The lowest BCUT2D eigenvalue weighted by atomic mass is 10.3. The molecule has 8 heteroatoms. The maximum Gasteiger partial charge on any atom is 0.328 e. The third-order valence-corrected chi connectivity index (χ3v) is 1.57. The lowest BCUT2D eigenvalue weighted by Crippen LogP contribution is -2.49. The van der Waals surface area contributed by atoms with Crippen LogP contribution >= 0.6 is 0 Å². The predicted octanol–water partition coefficient (Wildman–Crippen LogP) is -2.13. The molecule has 0 saturated carbocycles. The standard InChI is InChI=1S/C8H15N3O5/c1-2-9-6(13)3-10-8(16)11-5(4-12)7(14)15/h5,12H,2-4H2,1H3,(H,9,13)(H,14,15)(H2,10,11,16)/t5-/m1/s1. The normalized spacial score (nSPS) is 11.4. The fourth-order valence-electron chi connectivity index (χ4n) is 0.815. The molecule has 0 spiro atoms. The van der Waals surface area contributed by atoms with Crippen LogP contribution in [0, 0.1) is 0 Å². The molecule has 1 atom stereocenters. The van der Waals surface area contributed by atoms with Crippen molar-refractivity contribution in [1.29, 1.82) is 0 Å². The van der Waals surface area contributed by atoms with Gasteiger partial charge in [-0.3, -0.25) is 4.79 Å². The van der Waals surface area contributed by atoms with E-state index in [1.165, 1.54) is 0 Å². The van der Waals surface area contributed by atoms with E-state index in [0.717, 1.165) is 0 Å². The highest BCUT2D eigenvalue weighted by molar-refractivity contribution is 5.86. The molecule has 0 saturated heterocycles. The molecule has 0 aliphatic heterocycles. The van der Waals surface area contributed by atoms with E-state index in [-0.39, 0.29) is 12.5 Å². The molecule has 0 aromatic carbocycles. The first kappa shape index (κ1) is 14.2. The van der Waals surface area contributed by atoms with Crippen molar-refractivity contribution in [3.8, 4) is 0 Å². The number of aliphatic carboxylic acids is 1. The Morgan fingerprint density at radius 1 is 1.25 bits per heavy atom. The number of carboxylic acids is 1. The van der Waals surface area contributed by atoms with Crippen LogP contribution in [0.5, 0.6) is 0 Å². The second-order valence-corrected chi connectivity index (χ2v) is 2.85. The van der Waals surface area contributed by atoms with E-state index in [1.807, 2.05) is 5.32 Å². The maximum absolute atomic E-state index is 11.0. The number of aliphatic hydroxyl groups is 1. The molecule has 8 nitrogen and oxygen atoms in total. The Hall–Kier alpha value is -1.83. The van der Waals surface area contributed by atoms with Crippen molar-refractivity contribution in [1.82, 2.24) is 16.0 Å². The highest BCUT2D eigenvalue weighted by Crippen LogP contribution is 1.81. The first-order valence-electron chi connectivity index (χ1n) is 4.66. The molecule has 3 amide bonds. The number of urea groups is 1. The third kappa shape index (κ3) is 5.81. The van der Waals surface area contributed by atoms with Crippen molar-refractivity contribution in [2.24, 2.45) is 0 Å². The third-order valence-electron chi connectivity index (χ3n) is 1.57.